The maximum absolute atomic E-state index is 9.75. The van der Waals surface area contributed by atoms with E-state index in [1.807, 2.05) is 74.5 Å². The van der Waals surface area contributed by atoms with Crippen LogP contribution >= 0.6 is 0 Å². The van der Waals surface area contributed by atoms with Crippen LogP contribution < -0.4 is 0 Å². The molecule has 0 fully saturated rings. The fourth-order valence-electron chi connectivity index (χ4n) is 2.55. The van der Waals surface area contributed by atoms with Crippen LogP contribution in [0, 0.1) is 22.7 Å². The van der Waals surface area contributed by atoms with E-state index in [0.29, 0.717) is 0 Å². The first-order valence-corrected chi connectivity index (χ1v) is 6.52. The minimum Gasteiger partial charge on any atom is -0.196 e. The fourth-order valence-corrected chi connectivity index (χ4v) is 2.55. The van der Waals surface area contributed by atoms with Crippen LogP contribution in [0.1, 0.15) is 25.0 Å². The molecule has 0 saturated carbocycles. The first-order chi connectivity index (χ1) is 9.58. The summed E-state index contributed by atoms with van der Waals surface area (Å²) < 4.78 is 0. The Morgan fingerprint density at radius 2 is 1.10 bits per heavy atom. The largest absolute Gasteiger partial charge is 0.196 e. The summed E-state index contributed by atoms with van der Waals surface area (Å²) in [6.07, 6.45) is 0. The Bertz CT molecular complexity index is 644. The number of nitrogens with zero attached hydrogens (tertiary/aromatic N) is 2. The highest BCUT2D eigenvalue weighted by Gasteiger charge is 2.48. The third kappa shape index (κ3) is 1.96. The van der Waals surface area contributed by atoms with E-state index in [0.717, 1.165) is 11.1 Å². The van der Waals surface area contributed by atoms with Gasteiger partial charge in [-0.2, -0.15) is 10.5 Å². The molecule has 20 heavy (non-hydrogen) atoms. The van der Waals surface area contributed by atoms with Crippen LogP contribution in [-0.4, -0.2) is 0 Å². The van der Waals surface area contributed by atoms with Crippen LogP contribution in [0.5, 0.6) is 0 Å². The summed E-state index contributed by atoms with van der Waals surface area (Å²) in [5.41, 5.74) is -0.111. The monoisotopic (exact) mass is 260 g/mol. The average molecular weight is 260 g/mol. The summed E-state index contributed by atoms with van der Waals surface area (Å²) >= 11 is 0. The zero-order chi connectivity index (χ0) is 14.6. The summed E-state index contributed by atoms with van der Waals surface area (Å²) in [5, 5.41) is 19.5. The van der Waals surface area contributed by atoms with Gasteiger partial charge in [0.05, 0.1) is 12.1 Å². The summed E-state index contributed by atoms with van der Waals surface area (Å²) in [7, 11) is 0. The summed E-state index contributed by atoms with van der Waals surface area (Å²) in [4.78, 5) is 0. The molecule has 2 nitrogen and oxygen atoms in total. The molecule has 98 valence electrons. The number of rotatable bonds is 3. The van der Waals surface area contributed by atoms with Crippen LogP contribution in [0.25, 0.3) is 0 Å². The van der Waals surface area contributed by atoms with E-state index in [-0.39, 0.29) is 0 Å². The van der Waals surface area contributed by atoms with Crippen molar-refractivity contribution < 1.29 is 0 Å². The van der Waals surface area contributed by atoms with Gasteiger partial charge < -0.3 is 0 Å². The molecule has 0 heterocycles. The maximum Gasteiger partial charge on any atom is 0.177 e. The lowest BCUT2D eigenvalue weighted by molar-refractivity contribution is 0.398. The van der Waals surface area contributed by atoms with Crippen molar-refractivity contribution in [2.45, 2.75) is 24.7 Å². The van der Waals surface area contributed by atoms with Gasteiger partial charge in [0.1, 0.15) is 0 Å². The van der Waals surface area contributed by atoms with Gasteiger partial charge in [0.2, 0.25) is 0 Å². The highest BCUT2D eigenvalue weighted by Crippen LogP contribution is 2.43. The van der Waals surface area contributed by atoms with Crippen molar-refractivity contribution in [3.05, 3.63) is 71.8 Å². The van der Waals surface area contributed by atoms with Crippen molar-refractivity contribution in [2.24, 2.45) is 0 Å². The van der Waals surface area contributed by atoms with E-state index in [2.05, 4.69) is 12.1 Å². The molecule has 0 aromatic heterocycles. The molecule has 2 heteroatoms. The molecule has 0 saturated heterocycles. The normalized spacial score (nSPS) is 11.4. The van der Waals surface area contributed by atoms with Crippen molar-refractivity contribution in [3.8, 4) is 12.1 Å². The SMILES string of the molecule is CC(C)(c1ccccc1)C(C#N)(C#N)c1ccccc1. The number of hydrogen-bond donors (Lipinski definition) is 0. The lowest BCUT2D eigenvalue weighted by atomic mass is 9.60. The minimum atomic E-state index is -1.21. The quantitative estimate of drug-likeness (QED) is 0.838. The Balaban J connectivity index is 2.67. The van der Waals surface area contributed by atoms with Crippen molar-refractivity contribution in [1.82, 2.24) is 0 Å². The number of hydrogen-bond acceptors (Lipinski definition) is 2. The third-order valence-electron chi connectivity index (χ3n) is 3.98. The molecule has 0 aliphatic rings. The second kappa shape index (κ2) is 5.19. The van der Waals surface area contributed by atoms with Gasteiger partial charge >= 0.3 is 0 Å². The van der Waals surface area contributed by atoms with Crippen LogP contribution in [0.3, 0.4) is 0 Å². The van der Waals surface area contributed by atoms with Crippen molar-refractivity contribution in [3.63, 3.8) is 0 Å². The predicted octanol–water partition coefficient (Wildman–Crippen LogP) is 3.95. The first-order valence-electron chi connectivity index (χ1n) is 6.52. The van der Waals surface area contributed by atoms with Gasteiger partial charge in [0, 0.05) is 5.41 Å². The molecule has 0 bridgehead atoms. The van der Waals surface area contributed by atoms with Gasteiger partial charge in [-0.25, -0.2) is 0 Å². The third-order valence-corrected chi connectivity index (χ3v) is 3.98. The maximum atomic E-state index is 9.75. The van der Waals surface area contributed by atoms with E-state index < -0.39 is 10.8 Å². The first kappa shape index (κ1) is 13.8. The predicted molar refractivity (Wildman–Crippen MR) is 78.8 cm³/mol. The zero-order valence-corrected chi connectivity index (χ0v) is 11.7. The standard InChI is InChI=1S/C18H16N2/c1-17(2,15-9-5-3-6-10-15)18(13-19,14-20)16-11-7-4-8-12-16/h3-12H,1-2H3. The van der Waals surface area contributed by atoms with Gasteiger partial charge in [-0.05, 0) is 11.1 Å². The van der Waals surface area contributed by atoms with Crippen molar-refractivity contribution in [1.29, 1.82) is 10.5 Å². The second-order valence-electron chi connectivity index (χ2n) is 5.33. The molecule has 2 rings (SSSR count). The Morgan fingerprint density at radius 3 is 1.50 bits per heavy atom. The molecule has 0 radical (unpaired) electrons. The Hall–Kier alpha value is -2.58. The van der Waals surface area contributed by atoms with E-state index in [1.165, 1.54) is 0 Å². The highest BCUT2D eigenvalue weighted by atomic mass is 14.5. The van der Waals surface area contributed by atoms with Crippen LogP contribution in [0.15, 0.2) is 60.7 Å². The van der Waals surface area contributed by atoms with Gasteiger partial charge in [-0.1, -0.05) is 74.5 Å². The fraction of sp³-hybridized carbons (Fsp3) is 0.222. The molecule has 0 N–H and O–H groups in total. The van der Waals surface area contributed by atoms with E-state index in [9.17, 15) is 10.5 Å². The van der Waals surface area contributed by atoms with Gasteiger partial charge in [0.15, 0.2) is 5.41 Å². The van der Waals surface area contributed by atoms with Crippen LogP contribution in [0.4, 0.5) is 0 Å². The van der Waals surface area contributed by atoms with E-state index in [1.54, 1.807) is 0 Å². The Morgan fingerprint density at radius 1 is 0.700 bits per heavy atom. The molecule has 0 atom stereocenters. The summed E-state index contributed by atoms with van der Waals surface area (Å²) in [6, 6.07) is 23.5. The topological polar surface area (TPSA) is 47.6 Å². The van der Waals surface area contributed by atoms with Crippen molar-refractivity contribution in [2.75, 3.05) is 0 Å². The van der Waals surface area contributed by atoms with E-state index in [4.69, 9.17) is 0 Å². The summed E-state index contributed by atoms with van der Waals surface area (Å²) in [6.45, 7) is 3.89. The van der Waals surface area contributed by atoms with Crippen LogP contribution in [0.2, 0.25) is 0 Å². The van der Waals surface area contributed by atoms with Crippen molar-refractivity contribution >= 4 is 0 Å². The second-order valence-corrected chi connectivity index (χ2v) is 5.33. The average Bonchev–Trinajstić information content (AvgIpc) is 2.51. The van der Waals surface area contributed by atoms with Gasteiger partial charge in [0.25, 0.3) is 0 Å². The Kier molecular flexibility index (Phi) is 3.59. The zero-order valence-electron chi connectivity index (χ0n) is 11.7. The lowest BCUT2D eigenvalue weighted by Crippen LogP contribution is -2.43. The highest BCUT2D eigenvalue weighted by molar-refractivity contribution is 5.49. The number of nitriles is 2. The van der Waals surface area contributed by atoms with Gasteiger partial charge in [-0.15, -0.1) is 0 Å². The molecule has 2 aromatic carbocycles. The molecular weight excluding hydrogens is 244 g/mol. The lowest BCUT2D eigenvalue weighted by Gasteiger charge is -2.37. The minimum absolute atomic E-state index is 0.612. The smallest absolute Gasteiger partial charge is 0.177 e. The molecule has 0 aliphatic heterocycles. The molecule has 0 aliphatic carbocycles. The number of benzene rings is 2. The molecule has 0 spiro atoms. The van der Waals surface area contributed by atoms with Crippen LogP contribution in [-0.2, 0) is 10.8 Å². The molecule has 0 unspecified atom stereocenters. The van der Waals surface area contributed by atoms with E-state index >= 15 is 0 Å². The molecular formula is C18H16N2. The molecule has 0 amide bonds. The van der Waals surface area contributed by atoms with Gasteiger partial charge in [-0.3, -0.25) is 0 Å². The molecule has 2 aromatic rings. The Labute approximate surface area is 119 Å². The summed E-state index contributed by atoms with van der Waals surface area (Å²) in [5.74, 6) is 0.